The van der Waals surface area contributed by atoms with Crippen molar-refractivity contribution in [1.82, 2.24) is 5.32 Å². The molecule has 7 nitrogen and oxygen atoms in total. The minimum Gasteiger partial charge on any atom is -0.461 e. The second-order valence-corrected chi connectivity index (χ2v) is 14.7. The van der Waals surface area contributed by atoms with Crippen LogP contribution in [-0.2, 0) is 36.3 Å². The van der Waals surface area contributed by atoms with Gasteiger partial charge in [-0.05, 0) is 48.2 Å². The fraction of sp³-hybridized carbons (Fsp3) is 0.316. The second-order valence-electron chi connectivity index (χ2n) is 11.8. The van der Waals surface area contributed by atoms with E-state index >= 15 is 0 Å². The van der Waals surface area contributed by atoms with Gasteiger partial charge in [0.1, 0.15) is 13.2 Å². The lowest BCUT2D eigenvalue weighted by Crippen LogP contribution is -2.66. The van der Waals surface area contributed by atoms with Crippen LogP contribution in [0.2, 0.25) is 0 Å². The van der Waals surface area contributed by atoms with Crippen molar-refractivity contribution < 1.29 is 27.9 Å². The highest BCUT2D eigenvalue weighted by molar-refractivity contribution is 6.92. The van der Waals surface area contributed by atoms with Crippen LogP contribution < -0.4 is 15.7 Å². The second kappa shape index (κ2) is 18.0. The Morgan fingerprint density at radius 1 is 0.630 bits per heavy atom. The number of amides is 1. The Hall–Kier alpha value is -4.24. The van der Waals surface area contributed by atoms with Crippen LogP contribution in [0.1, 0.15) is 57.1 Å². The average molecular weight is 640 g/mol. The molecular formula is C38H45NO6Si. The average Bonchev–Trinajstić information content (AvgIpc) is 3.08. The highest BCUT2D eigenvalue weighted by Gasteiger charge is 2.47. The number of carbonyl (C=O) groups is 2. The summed E-state index contributed by atoms with van der Waals surface area (Å²) in [6, 6.07) is 39.4. The van der Waals surface area contributed by atoms with Gasteiger partial charge in [-0.25, -0.2) is 4.79 Å². The van der Waals surface area contributed by atoms with Gasteiger partial charge in [-0.1, -0.05) is 134 Å². The zero-order chi connectivity index (χ0) is 32.5. The molecule has 1 N–H and O–H groups in total. The molecule has 4 aromatic rings. The van der Waals surface area contributed by atoms with E-state index in [-0.39, 0.29) is 25.6 Å². The molecular weight excluding hydrogens is 595 g/mol. The number of esters is 1. The first-order valence-electron chi connectivity index (χ1n) is 16.0. The van der Waals surface area contributed by atoms with Crippen molar-refractivity contribution >= 4 is 31.0 Å². The lowest BCUT2D eigenvalue weighted by Gasteiger charge is -2.39. The monoisotopic (exact) mass is 639 g/mol. The molecule has 0 aliphatic carbocycles. The molecule has 0 aliphatic heterocycles. The summed E-state index contributed by atoms with van der Waals surface area (Å²) in [6.45, 7) is 5.37. The van der Waals surface area contributed by atoms with Crippen molar-refractivity contribution in [3.05, 3.63) is 132 Å². The molecule has 1 amide bonds. The summed E-state index contributed by atoms with van der Waals surface area (Å²) in [7, 11) is -3.25. The van der Waals surface area contributed by atoms with E-state index in [0.29, 0.717) is 13.2 Å². The van der Waals surface area contributed by atoms with Gasteiger partial charge >= 0.3 is 20.6 Å². The number of unbranched alkanes of at least 4 members (excludes halogenated alkanes) is 3. The maximum atomic E-state index is 13.0. The van der Waals surface area contributed by atoms with E-state index in [0.717, 1.165) is 47.2 Å². The molecule has 0 bridgehead atoms. The smallest absolute Gasteiger partial charge is 0.407 e. The van der Waals surface area contributed by atoms with Crippen LogP contribution in [0.25, 0.3) is 0 Å². The molecule has 0 saturated carbocycles. The van der Waals surface area contributed by atoms with E-state index < -0.39 is 20.3 Å². The fourth-order valence-electron chi connectivity index (χ4n) is 5.12. The fourth-order valence-corrected chi connectivity index (χ4v) is 8.62. The molecule has 0 unspecified atom stereocenters. The summed E-state index contributed by atoms with van der Waals surface area (Å²) < 4.78 is 24.7. The summed E-state index contributed by atoms with van der Waals surface area (Å²) in [4.78, 5) is 25.0. The Bertz CT molecular complexity index is 1410. The van der Waals surface area contributed by atoms with E-state index in [1.807, 2.05) is 135 Å². The zero-order valence-corrected chi connectivity index (χ0v) is 27.9. The van der Waals surface area contributed by atoms with Crippen LogP contribution in [0.5, 0.6) is 0 Å². The molecule has 0 atom stereocenters. The third-order valence-electron chi connectivity index (χ3n) is 7.40. The first-order valence-corrected chi connectivity index (χ1v) is 17.8. The predicted octanol–water partition coefficient (Wildman–Crippen LogP) is 6.68. The van der Waals surface area contributed by atoms with Crippen molar-refractivity contribution in [1.29, 1.82) is 0 Å². The van der Waals surface area contributed by atoms with E-state index in [9.17, 15) is 9.59 Å². The molecule has 0 spiro atoms. The number of alkyl carbamates (subject to hydrolysis) is 1. The number of nitrogens with one attached hydrogen (secondary N) is 1. The first-order chi connectivity index (χ1) is 22.4. The molecule has 0 radical (unpaired) electrons. The van der Waals surface area contributed by atoms with Crippen LogP contribution in [0.15, 0.2) is 121 Å². The van der Waals surface area contributed by atoms with Gasteiger partial charge in [0.05, 0.1) is 12.0 Å². The highest BCUT2D eigenvalue weighted by Crippen LogP contribution is 2.24. The normalized spacial score (nSPS) is 11.5. The van der Waals surface area contributed by atoms with E-state index in [1.165, 1.54) is 0 Å². The van der Waals surface area contributed by atoms with Crippen LogP contribution in [0, 0.1) is 0 Å². The van der Waals surface area contributed by atoms with Crippen LogP contribution >= 0.6 is 0 Å². The van der Waals surface area contributed by atoms with Crippen molar-refractivity contribution in [2.75, 3.05) is 13.2 Å². The van der Waals surface area contributed by atoms with Gasteiger partial charge in [-0.2, -0.15) is 0 Å². The van der Waals surface area contributed by atoms with E-state index in [2.05, 4.69) is 5.32 Å². The van der Waals surface area contributed by atoms with Gasteiger partial charge in [0.2, 0.25) is 0 Å². The molecule has 0 aliphatic rings. The van der Waals surface area contributed by atoms with E-state index in [4.69, 9.17) is 18.3 Å². The minimum absolute atomic E-state index is 0.0817. The summed E-state index contributed by atoms with van der Waals surface area (Å²) in [6.07, 6.45) is 3.22. The Labute approximate surface area is 274 Å². The Balaban J connectivity index is 1.32. The molecule has 46 heavy (non-hydrogen) atoms. The minimum atomic E-state index is -3.25. The van der Waals surface area contributed by atoms with Crippen LogP contribution in [-0.4, -0.2) is 39.4 Å². The number of carbonyl (C=O) groups excluding carboxylic acids is 2. The van der Waals surface area contributed by atoms with E-state index in [1.54, 1.807) is 0 Å². The quantitative estimate of drug-likeness (QED) is 0.0744. The van der Waals surface area contributed by atoms with Gasteiger partial charge < -0.3 is 23.6 Å². The zero-order valence-electron chi connectivity index (χ0n) is 26.9. The van der Waals surface area contributed by atoms with Gasteiger partial charge in [-0.15, -0.1) is 0 Å². The molecule has 0 aromatic heterocycles. The maximum Gasteiger partial charge on any atom is 0.407 e. The Kier molecular flexibility index (Phi) is 13.6. The number of rotatable bonds is 18. The topological polar surface area (TPSA) is 83.1 Å². The highest BCUT2D eigenvalue weighted by atomic mass is 28.4. The van der Waals surface area contributed by atoms with Crippen molar-refractivity contribution in [2.24, 2.45) is 0 Å². The van der Waals surface area contributed by atoms with Gasteiger partial charge in [-0.3, -0.25) is 4.79 Å². The molecule has 4 aromatic carbocycles. The lowest BCUT2D eigenvalue weighted by atomic mass is 10.1. The standard InChI is InChI=1S/C38H45NO6Si/c1-38(2,29-36(40)42-30-32-19-9-5-10-20-32)45-46(34-23-13-7-14-24-34,35-25-15-8-16-26-35)44-28-18-4-3-17-27-39-37(41)43-31-33-21-11-6-12-22-33/h5-16,19-26H,3-4,17-18,27-31H2,1-2H3,(H,39,41). The summed E-state index contributed by atoms with van der Waals surface area (Å²) in [5.41, 5.74) is 1.04. The number of hydrogen-bond acceptors (Lipinski definition) is 6. The third-order valence-corrected chi connectivity index (χ3v) is 11.0. The lowest BCUT2D eigenvalue weighted by molar-refractivity contribution is -0.149. The van der Waals surface area contributed by atoms with Gasteiger partial charge in [0.25, 0.3) is 0 Å². The number of benzene rings is 4. The maximum absolute atomic E-state index is 13.0. The Morgan fingerprint density at radius 3 is 1.65 bits per heavy atom. The molecule has 242 valence electrons. The number of ether oxygens (including phenoxy) is 2. The molecule has 0 fully saturated rings. The molecule has 4 rings (SSSR count). The summed E-state index contributed by atoms with van der Waals surface area (Å²) in [5, 5.41) is 4.78. The van der Waals surface area contributed by atoms with Gasteiger partial charge in [0, 0.05) is 13.2 Å². The molecule has 8 heteroatoms. The van der Waals surface area contributed by atoms with Crippen LogP contribution in [0.4, 0.5) is 4.79 Å². The predicted molar refractivity (Wildman–Crippen MR) is 183 cm³/mol. The third kappa shape index (κ3) is 11.3. The Morgan fingerprint density at radius 2 is 1.11 bits per heavy atom. The first kappa shape index (κ1) is 34.6. The van der Waals surface area contributed by atoms with Crippen LogP contribution in [0.3, 0.4) is 0 Å². The SMILES string of the molecule is CC(C)(CC(=O)OCc1ccccc1)O[Si](OCCCCCCNC(=O)OCc1ccccc1)(c1ccccc1)c1ccccc1. The summed E-state index contributed by atoms with van der Waals surface area (Å²) in [5.74, 6) is -0.324. The van der Waals surface area contributed by atoms with Crippen molar-refractivity contribution in [3.63, 3.8) is 0 Å². The van der Waals surface area contributed by atoms with Crippen molar-refractivity contribution in [3.8, 4) is 0 Å². The molecule has 0 heterocycles. The van der Waals surface area contributed by atoms with Crippen molar-refractivity contribution in [2.45, 2.75) is 64.8 Å². The largest absolute Gasteiger partial charge is 0.461 e. The van der Waals surface area contributed by atoms with Gasteiger partial charge in [0.15, 0.2) is 0 Å². The molecule has 0 saturated heterocycles. The number of hydrogen-bond donors (Lipinski definition) is 1. The summed E-state index contributed by atoms with van der Waals surface area (Å²) >= 11 is 0.